The van der Waals surface area contributed by atoms with Gasteiger partial charge in [0.2, 0.25) is 11.9 Å². The number of anilines is 1. The summed E-state index contributed by atoms with van der Waals surface area (Å²) in [5.41, 5.74) is 1.97. The number of benzene rings is 1. The van der Waals surface area contributed by atoms with Crippen molar-refractivity contribution in [2.45, 2.75) is 26.3 Å². The minimum atomic E-state index is 0.0465. The monoisotopic (exact) mass is 344 g/mol. The first kappa shape index (κ1) is 16.7. The van der Waals surface area contributed by atoms with E-state index in [1.54, 1.807) is 6.20 Å². The summed E-state index contributed by atoms with van der Waals surface area (Å²) in [5, 5.41) is 3.70. The fourth-order valence-corrected chi connectivity index (χ4v) is 3.12. The summed E-state index contributed by atoms with van der Waals surface area (Å²) in [6, 6.07) is 9.45. The SMILES string of the molecule is Cc1ccnc(N2CCC(C(=O)NCc3cccc(Cl)c3)CC2)n1. The fourth-order valence-electron chi connectivity index (χ4n) is 2.91. The summed E-state index contributed by atoms with van der Waals surface area (Å²) in [4.78, 5) is 23.3. The van der Waals surface area contributed by atoms with Crippen LogP contribution in [0.1, 0.15) is 24.1 Å². The molecule has 24 heavy (non-hydrogen) atoms. The van der Waals surface area contributed by atoms with Gasteiger partial charge in [0.25, 0.3) is 0 Å². The van der Waals surface area contributed by atoms with Gasteiger partial charge in [-0.1, -0.05) is 23.7 Å². The van der Waals surface area contributed by atoms with E-state index in [2.05, 4.69) is 20.2 Å². The average molecular weight is 345 g/mol. The van der Waals surface area contributed by atoms with Crippen LogP contribution in [0.15, 0.2) is 36.5 Å². The second kappa shape index (κ2) is 7.62. The zero-order valence-corrected chi connectivity index (χ0v) is 14.5. The molecule has 1 aromatic heterocycles. The van der Waals surface area contributed by atoms with E-state index in [0.29, 0.717) is 11.6 Å². The number of halogens is 1. The number of piperidine rings is 1. The van der Waals surface area contributed by atoms with Crippen molar-refractivity contribution in [1.29, 1.82) is 0 Å². The van der Waals surface area contributed by atoms with Gasteiger partial charge in [-0.25, -0.2) is 9.97 Å². The molecular formula is C18H21ClN4O. The Morgan fingerprint density at radius 2 is 2.12 bits per heavy atom. The zero-order valence-electron chi connectivity index (χ0n) is 13.7. The Bertz CT molecular complexity index is 714. The van der Waals surface area contributed by atoms with E-state index in [1.165, 1.54) is 0 Å². The minimum absolute atomic E-state index is 0.0465. The Hall–Kier alpha value is -2.14. The molecule has 0 spiro atoms. The van der Waals surface area contributed by atoms with Crippen LogP contribution in [0.2, 0.25) is 5.02 Å². The molecule has 1 N–H and O–H groups in total. The number of nitrogens with one attached hydrogen (secondary N) is 1. The van der Waals surface area contributed by atoms with E-state index in [0.717, 1.165) is 43.1 Å². The van der Waals surface area contributed by atoms with Crippen molar-refractivity contribution in [3.05, 3.63) is 52.8 Å². The third-order valence-electron chi connectivity index (χ3n) is 4.29. The number of nitrogens with zero attached hydrogens (tertiary/aromatic N) is 3. The van der Waals surface area contributed by atoms with E-state index < -0.39 is 0 Å². The van der Waals surface area contributed by atoms with Gasteiger partial charge >= 0.3 is 0 Å². The molecule has 1 amide bonds. The van der Waals surface area contributed by atoms with Crippen LogP contribution in [0.5, 0.6) is 0 Å². The topological polar surface area (TPSA) is 58.1 Å². The van der Waals surface area contributed by atoms with E-state index in [4.69, 9.17) is 11.6 Å². The number of carbonyl (C=O) groups excluding carboxylic acids is 1. The van der Waals surface area contributed by atoms with Gasteiger partial charge in [-0.2, -0.15) is 0 Å². The van der Waals surface area contributed by atoms with Crippen molar-refractivity contribution in [1.82, 2.24) is 15.3 Å². The lowest BCUT2D eigenvalue weighted by Crippen LogP contribution is -2.41. The maximum Gasteiger partial charge on any atom is 0.225 e. The molecule has 0 radical (unpaired) electrons. The molecule has 126 valence electrons. The Labute approximate surface area is 147 Å². The molecule has 6 heteroatoms. The molecule has 0 aliphatic carbocycles. The number of aryl methyl sites for hydroxylation is 1. The summed E-state index contributed by atoms with van der Waals surface area (Å²) < 4.78 is 0. The van der Waals surface area contributed by atoms with Gasteiger partial charge < -0.3 is 10.2 Å². The Kier molecular flexibility index (Phi) is 5.30. The standard InChI is InChI=1S/C18H21ClN4O/c1-13-5-8-20-18(22-13)23-9-6-15(7-10-23)17(24)21-12-14-3-2-4-16(19)11-14/h2-5,8,11,15H,6-7,9-10,12H2,1H3,(H,21,24). The van der Waals surface area contributed by atoms with E-state index >= 15 is 0 Å². The third kappa shape index (κ3) is 4.23. The smallest absolute Gasteiger partial charge is 0.225 e. The van der Waals surface area contributed by atoms with Crippen LogP contribution >= 0.6 is 11.6 Å². The molecule has 3 rings (SSSR count). The van der Waals surface area contributed by atoms with Crippen molar-refractivity contribution >= 4 is 23.5 Å². The number of aromatic nitrogens is 2. The molecule has 1 aliphatic heterocycles. The highest BCUT2D eigenvalue weighted by Crippen LogP contribution is 2.21. The number of hydrogen-bond acceptors (Lipinski definition) is 4. The summed E-state index contributed by atoms with van der Waals surface area (Å²) in [6.07, 6.45) is 3.42. The first-order valence-electron chi connectivity index (χ1n) is 8.18. The second-order valence-corrected chi connectivity index (χ2v) is 6.54. The van der Waals surface area contributed by atoms with E-state index in [-0.39, 0.29) is 11.8 Å². The minimum Gasteiger partial charge on any atom is -0.352 e. The summed E-state index contributed by atoms with van der Waals surface area (Å²) in [6.45, 7) is 4.08. The Morgan fingerprint density at radius 3 is 2.83 bits per heavy atom. The molecule has 0 saturated carbocycles. The second-order valence-electron chi connectivity index (χ2n) is 6.11. The van der Waals surface area contributed by atoms with Gasteiger partial charge in [-0.3, -0.25) is 4.79 Å². The molecule has 0 bridgehead atoms. The molecule has 1 aliphatic rings. The van der Waals surface area contributed by atoms with Gasteiger partial charge in [-0.15, -0.1) is 0 Å². The van der Waals surface area contributed by atoms with Crippen molar-refractivity contribution in [2.75, 3.05) is 18.0 Å². The first-order chi connectivity index (χ1) is 11.6. The molecule has 1 saturated heterocycles. The summed E-state index contributed by atoms with van der Waals surface area (Å²) >= 11 is 5.96. The Balaban J connectivity index is 1.50. The molecule has 2 heterocycles. The van der Waals surface area contributed by atoms with Crippen molar-refractivity contribution < 1.29 is 4.79 Å². The normalized spacial score (nSPS) is 15.3. The largest absolute Gasteiger partial charge is 0.352 e. The van der Waals surface area contributed by atoms with Gasteiger partial charge in [0.05, 0.1) is 0 Å². The lowest BCUT2D eigenvalue weighted by atomic mass is 9.96. The predicted octanol–water partition coefficient (Wildman–Crippen LogP) is 2.97. The maximum atomic E-state index is 12.4. The quantitative estimate of drug-likeness (QED) is 0.926. The van der Waals surface area contributed by atoms with Gasteiger partial charge in [-0.05, 0) is 43.5 Å². The number of carbonyl (C=O) groups is 1. The maximum absolute atomic E-state index is 12.4. The molecular weight excluding hydrogens is 324 g/mol. The van der Waals surface area contributed by atoms with Crippen molar-refractivity contribution in [3.63, 3.8) is 0 Å². The molecule has 1 aromatic carbocycles. The van der Waals surface area contributed by atoms with Crippen LogP contribution in [0.25, 0.3) is 0 Å². The fraction of sp³-hybridized carbons (Fsp3) is 0.389. The number of amides is 1. The van der Waals surface area contributed by atoms with Gasteiger partial charge in [0.1, 0.15) is 0 Å². The predicted molar refractivity (Wildman–Crippen MR) is 95.0 cm³/mol. The van der Waals surface area contributed by atoms with Gasteiger partial charge in [0.15, 0.2) is 0 Å². The van der Waals surface area contributed by atoms with Crippen LogP contribution in [-0.2, 0) is 11.3 Å². The lowest BCUT2D eigenvalue weighted by Gasteiger charge is -2.31. The lowest BCUT2D eigenvalue weighted by molar-refractivity contribution is -0.125. The third-order valence-corrected chi connectivity index (χ3v) is 4.52. The molecule has 0 atom stereocenters. The zero-order chi connectivity index (χ0) is 16.9. The average Bonchev–Trinajstić information content (AvgIpc) is 2.60. The van der Waals surface area contributed by atoms with Crippen LogP contribution in [0.3, 0.4) is 0 Å². The molecule has 1 fully saturated rings. The van der Waals surface area contributed by atoms with Crippen molar-refractivity contribution in [3.8, 4) is 0 Å². The highest BCUT2D eigenvalue weighted by atomic mass is 35.5. The molecule has 0 unspecified atom stereocenters. The van der Waals surface area contributed by atoms with Crippen LogP contribution in [-0.4, -0.2) is 29.0 Å². The summed E-state index contributed by atoms with van der Waals surface area (Å²) in [7, 11) is 0. The molecule has 5 nitrogen and oxygen atoms in total. The van der Waals surface area contributed by atoms with Crippen LogP contribution < -0.4 is 10.2 Å². The van der Waals surface area contributed by atoms with E-state index in [1.807, 2.05) is 37.3 Å². The highest BCUT2D eigenvalue weighted by molar-refractivity contribution is 6.30. The first-order valence-corrected chi connectivity index (χ1v) is 8.56. The van der Waals surface area contributed by atoms with Crippen LogP contribution in [0.4, 0.5) is 5.95 Å². The van der Waals surface area contributed by atoms with E-state index in [9.17, 15) is 4.79 Å². The number of rotatable bonds is 4. The Morgan fingerprint density at radius 1 is 1.33 bits per heavy atom. The summed E-state index contributed by atoms with van der Waals surface area (Å²) in [5.74, 6) is 0.915. The molecule has 2 aromatic rings. The highest BCUT2D eigenvalue weighted by Gasteiger charge is 2.25. The van der Waals surface area contributed by atoms with Crippen LogP contribution in [0, 0.1) is 12.8 Å². The van der Waals surface area contributed by atoms with Crippen molar-refractivity contribution in [2.24, 2.45) is 5.92 Å². The van der Waals surface area contributed by atoms with Gasteiger partial charge in [0, 0.05) is 42.5 Å². The number of hydrogen-bond donors (Lipinski definition) is 1.